The first-order valence-corrected chi connectivity index (χ1v) is 7.73. The van der Waals surface area contributed by atoms with E-state index in [1.807, 2.05) is 25.1 Å². The van der Waals surface area contributed by atoms with Crippen LogP contribution in [0.3, 0.4) is 0 Å². The average Bonchev–Trinajstić information content (AvgIpc) is 2.49. The fourth-order valence-electron chi connectivity index (χ4n) is 2.63. The van der Waals surface area contributed by atoms with Crippen LogP contribution in [0.15, 0.2) is 18.2 Å². The van der Waals surface area contributed by atoms with Gasteiger partial charge in [-0.2, -0.15) is 0 Å². The first-order chi connectivity index (χ1) is 11.0. The van der Waals surface area contributed by atoms with Gasteiger partial charge in [0.1, 0.15) is 0 Å². The van der Waals surface area contributed by atoms with Gasteiger partial charge < -0.3 is 25.0 Å². The quantitative estimate of drug-likeness (QED) is 0.832. The summed E-state index contributed by atoms with van der Waals surface area (Å²) in [6, 6.07) is 5.02. The van der Waals surface area contributed by atoms with E-state index in [4.69, 9.17) is 9.84 Å². The Balaban J connectivity index is 1.81. The van der Waals surface area contributed by atoms with Crippen molar-refractivity contribution in [3.05, 3.63) is 29.6 Å². The molecule has 1 amide bonds. The third kappa shape index (κ3) is 5.37. The van der Waals surface area contributed by atoms with E-state index in [-0.39, 0.29) is 17.6 Å². The van der Waals surface area contributed by atoms with Gasteiger partial charge in [-0.3, -0.25) is 0 Å². The number of piperazine rings is 1. The molecule has 128 valence electrons. The third-order valence-corrected chi connectivity index (χ3v) is 3.74. The average molecular weight is 325 g/mol. The Morgan fingerprint density at radius 1 is 1.52 bits per heavy atom. The minimum atomic E-state index is -0.903. The van der Waals surface area contributed by atoms with E-state index in [0.29, 0.717) is 39.2 Å². The fourth-order valence-corrected chi connectivity index (χ4v) is 2.63. The molecular weight excluding hydrogens is 301 g/mol. The minimum absolute atomic E-state index is 0.0379. The fraction of sp³-hybridized carbons (Fsp3) is 0.562. The van der Waals surface area contributed by atoms with Crippen molar-refractivity contribution in [1.29, 1.82) is 0 Å². The Bertz CT molecular complexity index is 539. The standard InChI is InChI=1S/C16H24FN3O3/c1-19(2)10-12-3-4-15(14(17)9-12)23-8-5-13-11-20(16(21)22)7-6-18-13/h3-4,9,13,18H,5-8,10-11H2,1-2H3,(H,21,22)/t13-/m1/s1. The van der Waals surface area contributed by atoms with E-state index >= 15 is 0 Å². The molecule has 7 heteroatoms. The van der Waals surface area contributed by atoms with Gasteiger partial charge in [0.25, 0.3) is 0 Å². The molecule has 2 rings (SSSR count). The molecule has 1 fully saturated rings. The van der Waals surface area contributed by atoms with Crippen LogP contribution in [-0.4, -0.2) is 67.4 Å². The summed E-state index contributed by atoms with van der Waals surface area (Å²) in [5.41, 5.74) is 0.894. The van der Waals surface area contributed by atoms with Gasteiger partial charge in [-0.25, -0.2) is 9.18 Å². The van der Waals surface area contributed by atoms with Gasteiger partial charge in [0.2, 0.25) is 0 Å². The van der Waals surface area contributed by atoms with Crippen molar-refractivity contribution in [2.45, 2.75) is 19.0 Å². The summed E-state index contributed by atoms with van der Waals surface area (Å²) < 4.78 is 19.5. The van der Waals surface area contributed by atoms with Gasteiger partial charge in [0, 0.05) is 32.2 Å². The zero-order valence-corrected chi connectivity index (χ0v) is 13.6. The molecular formula is C16H24FN3O3. The van der Waals surface area contributed by atoms with Crippen LogP contribution in [0, 0.1) is 5.82 Å². The Morgan fingerprint density at radius 3 is 2.96 bits per heavy atom. The molecule has 1 aromatic rings. The second-order valence-electron chi connectivity index (χ2n) is 6.02. The molecule has 1 aliphatic heterocycles. The Morgan fingerprint density at radius 2 is 2.30 bits per heavy atom. The minimum Gasteiger partial charge on any atom is -0.490 e. The highest BCUT2D eigenvalue weighted by molar-refractivity contribution is 5.65. The number of carbonyl (C=O) groups is 1. The number of rotatable bonds is 6. The predicted molar refractivity (Wildman–Crippen MR) is 85.3 cm³/mol. The molecule has 0 saturated carbocycles. The monoisotopic (exact) mass is 325 g/mol. The third-order valence-electron chi connectivity index (χ3n) is 3.74. The topological polar surface area (TPSA) is 65.0 Å². The van der Waals surface area contributed by atoms with Gasteiger partial charge in [-0.15, -0.1) is 0 Å². The number of hydrogen-bond acceptors (Lipinski definition) is 4. The van der Waals surface area contributed by atoms with Crippen molar-refractivity contribution in [2.75, 3.05) is 40.3 Å². The summed E-state index contributed by atoms with van der Waals surface area (Å²) in [5.74, 6) is -0.133. The smallest absolute Gasteiger partial charge is 0.407 e. The van der Waals surface area contributed by atoms with Crippen LogP contribution in [0.1, 0.15) is 12.0 Å². The highest BCUT2D eigenvalue weighted by Crippen LogP contribution is 2.19. The molecule has 1 aromatic carbocycles. The normalized spacial score (nSPS) is 18.3. The van der Waals surface area contributed by atoms with Gasteiger partial charge in [0.15, 0.2) is 11.6 Å². The largest absolute Gasteiger partial charge is 0.490 e. The SMILES string of the molecule is CN(C)Cc1ccc(OCC[C@@H]2CN(C(=O)O)CCN2)c(F)c1. The van der Waals surface area contributed by atoms with Crippen LogP contribution in [0.4, 0.5) is 9.18 Å². The molecule has 0 bridgehead atoms. The van der Waals surface area contributed by atoms with E-state index in [9.17, 15) is 9.18 Å². The second kappa shape index (κ2) is 8.12. The molecule has 1 atom stereocenters. The molecule has 23 heavy (non-hydrogen) atoms. The molecule has 0 aromatic heterocycles. The summed E-state index contributed by atoms with van der Waals surface area (Å²) in [4.78, 5) is 14.3. The molecule has 0 spiro atoms. The maximum atomic E-state index is 14.0. The Kier molecular flexibility index (Phi) is 6.18. The number of nitrogens with one attached hydrogen (secondary N) is 1. The Labute approximate surface area is 135 Å². The first kappa shape index (κ1) is 17.5. The van der Waals surface area contributed by atoms with Gasteiger partial charge in [-0.1, -0.05) is 6.07 Å². The van der Waals surface area contributed by atoms with E-state index in [2.05, 4.69) is 5.32 Å². The molecule has 1 heterocycles. The number of amides is 1. The van der Waals surface area contributed by atoms with Crippen molar-refractivity contribution in [1.82, 2.24) is 15.1 Å². The summed E-state index contributed by atoms with van der Waals surface area (Å²) in [7, 11) is 3.86. The number of ether oxygens (including phenoxy) is 1. The van der Waals surface area contributed by atoms with Crippen LogP contribution in [-0.2, 0) is 6.54 Å². The van der Waals surface area contributed by atoms with E-state index < -0.39 is 6.09 Å². The first-order valence-electron chi connectivity index (χ1n) is 7.73. The zero-order chi connectivity index (χ0) is 16.8. The molecule has 1 aliphatic rings. The highest BCUT2D eigenvalue weighted by atomic mass is 19.1. The molecule has 6 nitrogen and oxygen atoms in total. The van der Waals surface area contributed by atoms with Gasteiger partial charge in [-0.05, 0) is 38.2 Å². The number of benzene rings is 1. The van der Waals surface area contributed by atoms with E-state index in [1.54, 1.807) is 6.07 Å². The number of carboxylic acid groups (broad SMARTS) is 1. The summed E-state index contributed by atoms with van der Waals surface area (Å²) in [6.07, 6.45) is -0.275. The summed E-state index contributed by atoms with van der Waals surface area (Å²) in [6.45, 7) is 2.57. The van der Waals surface area contributed by atoms with Crippen LogP contribution >= 0.6 is 0 Å². The van der Waals surface area contributed by atoms with Crippen molar-refractivity contribution in [3.8, 4) is 5.75 Å². The van der Waals surface area contributed by atoms with Crippen LogP contribution in [0.2, 0.25) is 0 Å². The Hall–Kier alpha value is -1.86. The van der Waals surface area contributed by atoms with E-state index in [1.165, 1.54) is 11.0 Å². The van der Waals surface area contributed by atoms with Crippen LogP contribution < -0.4 is 10.1 Å². The molecule has 0 radical (unpaired) electrons. The lowest BCUT2D eigenvalue weighted by Gasteiger charge is -2.31. The van der Waals surface area contributed by atoms with E-state index in [0.717, 1.165) is 5.56 Å². The maximum absolute atomic E-state index is 14.0. The van der Waals surface area contributed by atoms with Crippen molar-refractivity contribution >= 4 is 6.09 Å². The molecule has 1 saturated heterocycles. The molecule has 0 aliphatic carbocycles. The van der Waals surface area contributed by atoms with Crippen molar-refractivity contribution in [3.63, 3.8) is 0 Å². The van der Waals surface area contributed by atoms with Gasteiger partial charge >= 0.3 is 6.09 Å². The molecule has 0 unspecified atom stereocenters. The van der Waals surface area contributed by atoms with Crippen LogP contribution in [0.5, 0.6) is 5.75 Å². The lowest BCUT2D eigenvalue weighted by molar-refractivity contribution is 0.124. The number of hydrogen-bond donors (Lipinski definition) is 2. The summed E-state index contributed by atoms with van der Waals surface area (Å²) in [5, 5.41) is 12.2. The summed E-state index contributed by atoms with van der Waals surface area (Å²) >= 11 is 0. The number of halogens is 1. The zero-order valence-electron chi connectivity index (χ0n) is 13.6. The molecule has 2 N–H and O–H groups in total. The van der Waals surface area contributed by atoms with Crippen molar-refractivity contribution < 1.29 is 19.0 Å². The lowest BCUT2D eigenvalue weighted by atomic mass is 10.1. The maximum Gasteiger partial charge on any atom is 0.407 e. The number of nitrogens with zero attached hydrogens (tertiary/aromatic N) is 2. The van der Waals surface area contributed by atoms with Gasteiger partial charge in [0.05, 0.1) is 6.61 Å². The van der Waals surface area contributed by atoms with Crippen LogP contribution in [0.25, 0.3) is 0 Å². The predicted octanol–water partition coefficient (Wildman–Crippen LogP) is 1.61. The second-order valence-corrected chi connectivity index (χ2v) is 6.02. The lowest BCUT2D eigenvalue weighted by Crippen LogP contribution is -2.52. The highest BCUT2D eigenvalue weighted by Gasteiger charge is 2.22. The van der Waals surface area contributed by atoms with Crippen molar-refractivity contribution in [2.24, 2.45) is 0 Å².